The second kappa shape index (κ2) is 8.60. The van der Waals surface area contributed by atoms with Crippen molar-refractivity contribution in [2.75, 3.05) is 11.4 Å². The van der Waals surface area contributed by atoms with Crippen molar-refractivity contribution in [2.45, 2.75) is 93.8 Å². The normalized spacial score (nSPS) is 33.1. The van der Waals surface area contributed by atoms with Gasteiger partial charge in [0.05, 0.1) is 5.41 Å². The Bertz CT molecular complexity index is 1520. The molecule has 11 heteroatoms. The Balaban J connectivity index is 1.07. The molecular formula is C31H31F4N5O2. The van der Waals surface area contributed by atoms with E-state index in [0.717, 1.165) is 75.5 Å². The summed E-state index contributed by atoms with van der Waals surface area (Å²) < 4.78 is 59.3. The average molecular weight is 582 g/mol. The third-order valence-corrected chi connectivity index (χ3v) is 10.8. The maximum atomic E-state index is 14.5. The van der Waals surface area contributed by atoms with E-state index in [1.807, 2.05) is 17.0 Å². The van der Waals surface area contributed by atoms with E-state index in [-0.39, 0.29) is 36.0 Å². The molecule has 0 atom stereocenters. The lowest BCUT2D eigenvalue weighted by Crippen LogP contribution is -2.71. The SMILES string of the molecule is O=C(N(CC12CCC(c3nc(C4CC4)no3)(CC1)CC2)c1cccc(-c2cnc(C(F)(F)F)nc2)c1)C12CC(F)(C1)C2. The predicted octanol–water partition coefficient (Wildman–Crippen LogP) is 6.94. The lowest BCUT2D eigenvalue weighted by Gasteiger charge is -2.65. The second-order valence-electron chi connectivity index (χ2n) is 13.7. The van der Waals surface area contributed by atoms with Crippen LogP contribution in [-0.4, -0.2) is 38.2 Å². The molecule has 0 unspecified atom stereocenters. The number of amides is 1. The highest BCUT2D eigenvalue weighted by atomic mass is 19.4. The third kappa shape index (κ3) is 4.09. The molecule has 7 saturated carbocycles. The molecule has 0 N–H and O–H groups in total. The number of aromatic nitrogens is 4. The van der Waals surface area contributed by atoms with Gasteiger partial charge in [-0.25, -0.2) is 14.4 Å². The molecule has 7 nitrogen and oxygen atoms in total. The molecule has 10 rings (SSSR count). The fourth-order valence-corrected chi connectivity index (χ4v) is 8.05. The van der Waals surface area contributed by atoms with Crippen LogP contribution < -0.4 is 4.90 Å². The van der Waals surface area contributed by atoms with Crippen LogP contribution in [0.25, 0.3) is 11.1 Å². The van der Waals surface area contributed by atoms with Gasteiger partial charge in [-0.05, 0) is 93.7 Å². The molecule has 220 valence electrons. The van der Waals surface area contributed by atoms with Gasteiger partial charge < -0.3 is 9.42 Å². The minimum Gasteiger partial charge on any atom is -0.339 e. The van der Waals surface area contributed by atoms with Gasteiger partial charge in [0.1, 0.15) is 5.67 Å². The molecule has 0 radical (unpaired) electrons. The topological polar surface area (TPSA) is 85.0 Å². The van der Waals surface area contributed by atoms with Crippen molar-refractivity contribution in [1.82, 2.24) is 20.1 Å². The number of hydrogen-bond donors (Lipinski definition) is 0. The highest BCUT2D eigenvalue weighted by Gasteiger charge is 2.73. The molecule has 1 amide bonds. The molecule has 0 saturated heterocycles. The van der Waals surface area contributed by atoms with Crippen LogP contribution in [0.15, 0.2) is 41.2 Å². The Kier molecular flexibility index (Phi) is 5.38. The van der Waals surface area contributed by atoms with E-state index in [2.05, 4.69) is 15.1 Å². The summed E-state index contributed by atoms with van der Waals surface area (Å²) in [6.45, 7) is 0.521. The first-order valence-corrected chi connectivity index (χ1v) is 14.8. The summed E-state index contributed by atoms with van der Waals surface area (Å²) in [5.41, 5.74) is -0.349. The van der Waals surface area contributed by atoms with Crippen LogP contribution in [0.2, 0.25) is 0 Å². The van der Waals surface area contributed by atoms with Gasteiger partial charge in [-0.1, -0.05) is 17.3 Å². The third-order valence-electron chi connectivity index (χ3n) is 10.8. The van der Waals surface area contributed by atoms with Crippen molar-refractivity contribution < 1.29 is 26.9 Å². The number of halogens is 4. The molecule has 7 fully saturated rings. The van der Waals surface area contributed by atoms with Gasteiger partial charge in [0.25, 0.3) is 0 Å². The lowest BCUT2D eigenvalue weighted by atomic mass is 9.41. The Hall–Kier alpha value is -3.37. The summed E-state index contributed by atoms with van der Waals surface area (Å²) in [5, 5.41) is 4.26. The highest BCUT2D eigenvalue weighted by Crippen LogP contribution is 2.70. The first-order valence-electron chi connectivity index (χ1n) is 14.8. The second-order valence-corrected chi connectivity index (χ2v) is 13.7. The van der Waals surface area contributed by atoms with E-state index in [9.17, 15) is 22.4 Å². The molecule has 2 aromatic heterocycles. The Morgan fingerprint density at radius 2 is 1.64 bits per heavy atom. The van der Waals surface area contributed by atoms with Crippen LogP contribution in [0.3, 0.4) is 0 Å². The molecule has 2 heterocycles. The number of alkyl halides is 4. The van der Waals surface area contributed by atoms with E-state index in [1.54, 1.807) is 12.1 Å². The van der Waals surface area contributed by atoms with Crippen molar-refractivity contribution in [3.8, 4) is 11.1 Å². The van der Waals surface area contributed by atoms with Gasteiger partial charge in [-0.15, -0.1) is 0 Å². The van der Waals surface area contributed by atoms with E-state index in [1.165, 1.54) is 0 Å². The maximum absolute atomic E-state index is 14.5. The van der Waals surface area contributed by atoms with Crippen LogP contribution in [0.5, 0.6) is 0 Å². The Morgan fingerprint density at radius 3 is 2.24 bits per heavy atom. The monoisotopic (exact) mass is 581 g/mol. The number of carbonyl (C=O) groups excluding carboxylic acids is 1. The standard InChI is InChI=1S/C31H31F4N5O2/c32-30-15-29(16-30,17-30)26(41)40(22-3-1-2-20(12-22)21-13-36-24(37-14-21)31(33,34)35)18-27-6-9-28(10-7-27,11-8-27)25-38-23(39-42-25)19-4-5-19/h1-3,12-14,19H,4-11,15-18H2. The lowest BCUT2D eigenvalue weighted by molar-refractivity contribution is -0.211. The van der Waals surface area contributed by atoms with Gasteiger partial charge in [0.2, 0.25) is 17.6 Å². The fraction of sp³-hybridized carbons (Fsp3) is 0.581. The number of benzene rings is 1. The van der Waals surface area contributed by atoms with Crippen molar-refractivity contribution in [1.29, 1.82) is 0 Å². The zero-order valence-corrected chi connectivity index (χ0v) is 23.1. The summed E-state index contributed by atoms with van der Waals surface area (Å²) in [4.78, 5) is 27.7. The van der Waals surface area contributed by atoms with E-state index in [0.29, 0.717) is 29.3 Å². The molecule has 7 aliphatic rings. The Labute approximate surface area is 240 Å². The first kappa shape index (κ1) is 26.3. The van der Waals surface area contributed by atoms with Crippen molar-refractivity contribution in [2.24, 2.45) is 10.8 Å². The average Bonchev–Trinajstić information content (AvgIpc) is 3.69. The van der Waals surface area contributed by atoms with Gasteiger partial charge in [0.15, 0.2) is 5.82 Å². The van der Waals surface area contributed by atoms with Crippen molar-refractivity contribution >= 4 is 11.6 Å². The summed E-state index contributed by atoms with van der Waals surface area (Å²) >= 11 is 0. The van der Waals surface area contributed by atoms with E-state index in [4.69, 9.17) is 9.51 Å². The number of hydrogen-bond acceptors (Lipinski definition) is 6. The summed E-state index contributed by atoms with van der Waals surface area (Å²) in [6, 6.07) is 7.22. The van der Waals surface area contributed by atoms with Crippen LogP contribution in [0.4, 0.5) is 23.2 Å². The molecule has 1 aromatic carbocycles. The molecule has 0 spiro atoms. The minimum atomic E-state index is -4.63. The van der Waals surface area contributed by atoms with E-state index < -0.39 is 23.1 Å². The molecule has 42 heavy (non-hydrogen) atoms. The van der Waals surface area contributed by atoms with Crippen molar-refractivity contribution in [3.63, 3.8) is 0 Å². The smallest absolute Gasteiger partial charge is 0.339 e. The Morgan fingerprint density at radius 1 is 0.976 bits per heavy atom. The highest BCUT2D eigenvalue weighted by molar-refractivity contribution is 6.00. The molecule has 7 aliphatic carbocycles. The maximum Gasteiger partial charge on any atom is 0.451 e. The molecular weight excluding hydrogens is 550 g/mol. The number of rotatable bonds is 7. The van der Waals surface area contributed by atoms with Crippen molar-refractivity contribution in [3.05, 3.63) is 54.2 Å². The van der Waals surface area contributed by atoms with Crippen LogP contribution in [0.1, 0.15) is 94.1 Å². The zero-order valence-electron chi connectivity index (χ0n) is 23.1. The van der Waals surface area contributed by atoms with Gasteiger partial charge in [0, 0.05) is 41.5 Å². The number of carbonyl (C=O) groups is 1. The summed E-state index contributed by atoms with van der Waals surface area (Å²) in [6.07, 6.45) is 6.24. The minimum absolute atomic E-state index is 0.0504. The van der Waals surface area contributed by atoms with Crippen LogP contribution in [0, 0.1) is 10.8 Å². The number of fused-ring (bicyclic) bond motifs is 3. The largest absolute Gasteiger partial charge is 0.451 e. The first-order chi connectivity index (χ1) is 20.0. The van der Waals surface area contributed by atoms with Crippen LogP contribution in [-0.2, 0) is 16.4 Å². The zero-order chi connectivity index (χ0) is 29.0. The fourth-order valence-electron chi connectivity index (χ4n) is 8.05. The molecule has 0 aliphatic heterocycles. The molecule has 3 aromatic rings. The predicted molar refractivity (Wildman–Crippen MR) is 143 cm³/mol. The van der Waals surface area contributed by atoms with Gasteiger partial charge >= 0.3 is 6.18 Å². The van der Waals surface area contributed by atoms with Gasteiger partial charge in [-0.2, -0.15) is 18.2 Å². The van der Waals surface area contributed by atoms with Crippen LogP contribution >= 0.6 is 0 Å². The number of anilines is 1. The summed E-state index contributed by atoms with van der Waals surface area (Å²) in [7, 11) is 0. The van der Waals surface area contributed by atoms with Gasteiger partial charge in [-0.3, -0.25) is 4.79 Å². The number of nitrogens with zero attached hydrogens (tertiary/aromatic N) is 5. The summed E-state index contributed by atoms with van der Waals surface area (Å²) in [5.74, 6) is 0.790. The molecule has 4 bridgehead atoms. The quantitative estimate of drug-likeness (QED) is 0.281. The van der Waals surface area contributed by atoms with E-state index >= 15 is 0 Å².